The minimum absolute atomic E-state index is 0.0906. The molecule has 0 aromatic carbocycles. The van der Waals surface area contributed by atoms with E-state index in [4.69, 9.17) is 9.47 Å². The molecule has 2 unspecified atom stereocenters. The molecule has 4 nitrogen and oxygen atoms in total. The van der Waals surface area contributed by atoms with Crippen molar-refractivity contribution in [1.82, 2.24) is 5.32 Å². The number of nitrogens with one attached hydrogen (secondary N) is 1. The van der Waals surface area contributed by atoms with Gasteiger partial charge in [0.2, 0.25) is 0 Å². The Morgan fingerprint density at radius 2 is 2.15 bits per heavy atom. The van der Waals surface area contributed by atoms with E-state index >= 15 is 0 Å². The lowest BCUT2D eigenvalue weighted by molar-refractivity contribution is -0.153. The summed E-state index contributed by atoms with van der Waals surface area (Å²) in [6.45, 7) is 8.26. The highest BCUT2D eigenvalue weighted by atomic mass is 16.5. The molecule has 0 aliphatic heterocycles. The van der Waals surface area contributed by atoms with Gasteiger partial charge < -0.3 is 14.8 Å². The van der Waals surface area contributed by atoms with Gasteiger partial charge in [0.15, 0.2) is 0 Å². The van der Waals surface area contributed by atoms with E-state index in [-0.39, 0.29) is 5.97 Å². The second-order valence-electron chi connectivity index (χ2n) is 6.11. The van der Waals surface area contributed by atoms with Crippen molar-refractivity contribution >= 4 is 5.97 Å². The zero-order valence-electron chi connectivity index (χ0n) is 13.5. The van der Waals surface area contributed by atoms with Crippen LogP contribution in [-0.4, -0.2) is 38.4 Å². The molecule has 1 fully saturated rings. The van der Waals surface area contributed by atoms with Gasteiger partial charge in [-0.3, -0.25) is 4.79 Å². The van der Waals surface area contributed by atoms with Crippen LogP contribution in [0.3, 0.4) is 0 Å². The molecular formula is C16H31NO3. The number of carbonyl (C=O) groups is 1. The van der Waals surface area contributed by atoms with E-state index in [9.17, 15) is 4.79 Å². The van der Waals surface area contributed by atoms with E-state index < -0.39 is 5.54 Å². The fourth-order valence-corrected chi connectivity index (χ4v) is 3.08. The highest BCUT2D eigenvalue weighted by molar-refractivity contribution is 5.81. The minimum atomic E-state index is -0.489. The van der Waals surface area contributed by atoms with Crippen LogP contribution in [0.5, 0.6) is 0 Å². The molecule has 1 N–H and O–H groups in total. The van der Waals surface area contributed by atoms with E-state index in [1.54, 1.807) is 0 Å². The maximum Gasteiger partial charge on any atom is 0.326 e. The van der Waals surface area contributed by atoms with Crippen LogP contribution in [0.25, 0.3) is 0 Å². The zero-order valence-corrected chi connectivity index (χ0v) is 13.5. The van der Waals surface area contributed by atoms with Gasteiger partial charge >= 0.3 is 5.97 Å². The first-order valence-electron chi connectivity index (χ1n) is 8.00. The number of likely N-dealkylation sites (N-methyl/N-ethyl adjacent to an activating group) is 1. The van der Waals surface area contributed by atoms with Crippen molar-refractivity contribution in [3.8, 4) is 0 Å². The SMILES string of the molecule is CCOC(=O)C1(NC)CCCC1CCOCCC(C)C. The first-order chi connectivity index (χ1) is 9.56. The van der Waals surface area contributed by atoms with Crippen LogP contribution in [0.15, 0.2) is 0 Å². The van der Waals surface area contributed by atoms with Crippen LogP contribution >= 0.6 is 0 Å². The molecule has 0 bridgehead atoms. The molecule has 0 aromatic heterocycles. The number of hydrogen-bond donors (Lipinski definition) is 1. The Labute approximate surface area is 123 Å². The quantitative estimate of drug-likeness (QED) is 0.523. The average molecular weight is 285 g/mol. The van der Waals surface area contributed by atoms with Gasteiger partial charge in [0.25, 0.3) is 0 Å². The summed E-state index contributed by atoms with van der Waals surface area (Å²) in [6, 6.07) is 0. The number of hydrogen-bond acceptors (Lipinski definition) is 4. The molecular weight excluding hydrogens is 254 g/mol. The Morgan fingerprint density at radius 3 is 2.75 bits per heavy atom. The predicted molar refractivity (Wildman–Crippen MR) is 80.7 cm³/mol. The lowest BCUT2D eigenvalue weighted by Gasteiger charge is -2.32. The van der Waals surface area contributed by atoms with E-state index in [1.165, 1.54) is 0 Å². The largest absolute Gasteiger partial charge is 0.465 e. The van der Waals surface area contributed by atoms with Crippen molar-refractivity contribution in [1.29, 1.82) is 0 Å². The highest BCUT2D eigenvalue weighted by Crippen LogP contribution is 2.38. The van der Waals surface area contributed by atoms with Crippen molar-refractivity contribution in [2.24, 2.45) is 11.8 Å². The number of carbonyl (C=O) groups excluding carboxylic acids is 1. The van der Waals surface area contributed by atoms with Crippen molar-refractivity contribution in [2.45, 2.75) is 58.4 Å². The second-order valence-corrected chi connectivity index (χ2v) is 6.11. The number of ether oxygens (including phenoxy) is 2. The van der Waals surface area contributed by atoms with Gasteiger partial charge in [-0.25, -0.2) is 0 Å². The van der Waals surface area contributed by atoms with Gasteiger partial charge in [-0.05, 0) is 51.5 Å². The van der Waals surface area contributed by atoms with Crippen LogP contribution in [0.1, 0.15) is 52.9 Å². The van der Waals surface area contributed by atoms with Gasteiger partial charge in [0, 0.05) is 13.2 Å². The molecule has 0 saturated heterocycles. The predicted octanol–water partition coefficient (Wildman–Crippen LogP) is 2.76. The third-order valence-electron chi connectivity index (χ3n) is 4.36. The molecule has 118 valence electrons. The summed E-state index contributed by atoms with van der Waals surface area (Å²) in [5.41, 5.74) is -0.489. The molecule has 4 heteroatoms. The Hall–Kier alpha value is -0.610. The highest BCUT2D eigenvalue weighted by Gasteiger charge is 2.48. The summed E-state index contributed by atoms with van der Waals surface area (Å²) < 4.78 is 11.0. The van der Waals surface area contributed by atoms with Crippen molar-refractivity contribution in [3.05, 3.63) is 0 Å². The standard InChI is InChI=1S/C16H31NO3/c1-5-20-15(18)16(17-4)10-6-7-14(16)9-12-19-11-8-13(2)3/h13-14,17H,5-12H2,1-4H3. The summed E-state index contributed by atoms with van der Waals surface area (Å²) >= 11 is 0. The van der Waals surface area contributed by atoms with Crippen LogP contribution in [0.4, 0.5) is 0 Å². The first kappa shape index (κ1) is 17.4. The fraction of sp³-hybridized carbons (Fsp3) is 0.938. The average Bonchev–Trinajstić information content (AvgIpc) is 2.82. The lowest BCUT2D eigenvalue weighted by atomic mass is 9.85. The van der Waals surface area contributed by atoms with Crippen molar-refractivity contribution in [2.75, 3.05) is 26.9 Å². The molecule has 20 heavy (non-hydrogen) atoms. The fourth-order valence-electron chi connectivity index (χ4n) is 3.08. The lowest BCUT2D eigenvalue weighted by Crippen LogP contribution is -2.54. The van der Waals surface area contributed by atoms with Crippen LogP contribution in [0, 0.1) is 11.8 Å². The van der Waals surface area contributed by atoms with E-state index in [2.05, 4.69) is 19.2 Å². The molecule has 0 aromatic rings. The Kier molecular flexibility index (Phi) is 7.52. The van der Waals surface area contributed by atoms with Gasteiger partial charge in [-0.2, -0.15) is 0 Å². The topological polar surface area (TPSA) is 47.6 Å². The first-order valence-corrected chi connectivity index (χ1v) is 8.00. The summed E-state index contributed by atoms with van der Waals surface area (Å²) in [7, 11) is 1.87. The van der Waals surface area contributed by atoms with E-state index in [0.29, 0.717) is 18.4 Å². The molecule has 2 atom stereocenters. The van der Waals surface area contributed by atoms with Crippen LogP contribution < -0.4 is 5.32 Å². The monoisotopic (exact) mass is 285 g/mol. The number of rotatable bonds is 9. The molecule has 1 aliphatic carbocycles. The van der Waals surface area contributed by atoms with Gasteiger partial charge in [-0.1, -0.05) is 20.3 Å². The van der Waals surface area contributed by atoms with Crippen molar-refractivity contribution < 1.29 is 14.3 Å². The summed E-state index contributed by atoms with van der Waals surface area (Å²) in [6.07, 6.45) is 5.06. The van der Waals surface area contributed by atoms with E-state index in [1.807, 2.05) is 14.0 Å². The number of esters is 1. The Bertz CT molecular complexity index is 293. The second kappa shape index (κ2) is 8.63. The molecule has 1 aliphatic rings. The molecule has 0 spiro atoms. The maximum absolute atomic E-state index is 12.3. The molecule has 0 radical (unpaired) electrons. The van der Waals surface area contributed by atoms with E-state index in [0.717, 1.165) is 45.3 Å². The molecule has 1 saturated carbocycles. The van der Waals surface area contributed by atoms with Gasteiger partial charge in [0.1, 0.15) is 5.54 Å². The third kappa shape index (κ3) is 4.45. The van der Waals surface area contributed by atoms with Gasteiger partial charge in [0.05, 0.1) is 6.61 Å². The summed E-state index contributed by atoms with van der Waals surface area (Å²) in [4.78, 5) is 12.3. The normalized spacial score (nSPS) is 26.1. The maximum atomic E-state index is 12.3. The van der Waals surface area contributed by atoms with Crippen molar-refractivity contribution in [3.63, 3.8) is 0 Å². The molecule has 1 rings (SSSR count). The third-order valence-corrected chi connectivity index (χ3v) is 4.36. The Balaban J connectivity index is 2.44. The smallest absolute Gasteiger partial charge is 0.326 e. The van der Waals surface area contributed by atoms with Crippen LogP contribution in [0.2, 0.25) is 0 Å². The summed E-state index contributed by atoms with van der Waals surface area (Å²) in [5, 5.41) is 3.24. The Morgan fingerprint density at radius 1 is 1.40 bits per heavy atom. The van der Waals surface area contributed by atoms with Crippen LogP contribution in [-0.2, 0) is 14.3 Å². The molecule has 0 heterocycles. The molecule has 0 amide bonds. The van der Waals surface area contributed by atoms with Gasteiger partial charge in [-0.15, -0.1) is 0 Å². The summed E-state index contributed by atoms with van der Waals surface area (Å²) in [5.74, 6) is 0.912. The zero-order chi connectivity index (χ0) is 15.0. The minimum Gasteiger partial charge on any atom is -0.465 e.